The normalized spacial score (nSPS) is 38.1. The molecule has 0 bridgehead atoms. The number of hydrogen-bond donors (Lipinski definition) is 1. The van der Waals surface area contributed by atoms with E-state index in [0.717, 1.165) is 25.3 Å². The second-order valence-corrected chi connectivity index (χ2v) is 6.71. The van der Waals surface area contributed by atoms with Crippen LogP contribution in [0.15, 0.2) is 0 Å². The molecule has 0 unspecified atom stereocenters. The van der Waals surface area contributed by atoms with Crippen LogP contribution in [0.5, 0.6) is 0 Å². The summed E-state index contributed by atoms with van der Waals surface area (Å²) in [5, 5.41) is 12.3. The zero-order chi connectivity index (χ0) is 13.9. The summed E-state index contributed by atoms with van der Waals surface area (Å²) < 4.78 is 0. The maximum atomic E-state index is 12.2. The molecule has 0 aromatic heterocycles. The van der Waals surface area contributed by atoms with Crippen LogP contribution in [-0.2, 0) is 4.79 Å². The lowest BCUT2D eigenvalue weighted by Crippen LogP contribution is -2.49. The van der Waals surface area contributed by atoms with Gasteiger partial charge in [-0.1, -0.05) is 33.1 Å². The van der Waals surface area contributed by atoms with E-state index in [0.29, 0.717) is 11.8 Å². The summed E-state index contributed by atoms with van der Waals surface area (Å²) >= 11 is 0. The van der Waals surface area contributed by atoms with Crippen molar-refractivity contribution >= 4 is 5.91 Å². The number of nitriles is 1. The molecule has 2 rings (SSSR count). The van der Waals surface area contributed by atoms with E-state index in [1.807, 2.05) is 0 Å². The first-order chi connectivity index (χ1) is 9.09. The van der Waals surface area contributed by atoms with Crippen LogP contribution >= 0.6 is 0 Å². The minimum atomic E-state index is -0.708. The lowest BCUT2D eigenvalue weighted by atomic mass is 9.63. The molecule has 0 aliphatic heterocycles. The first kappa shape index (κ1) is 14.4. The molecule has 2 aliphatic rings. The lowest BCUT2D eigenvalue weighted by Gasteiger charge is -2.39. The molecule has 1 N–H and O–H groups in total. The summed E-state index contributed by atoms with van der Waals surface area (Å²) in [6.07, 6.45) is 7.82. The molecule has 0 heterocycles. The molecule has 3 nitrogen and oxygen atoms in total. The number of carbonyl (C=O) groups is 1. The molecule has 19 heavy (non-hydrogen) atoms. The Bertz CT molecular complexity index is 357. The maximum Gasteiger partial charge on any atom is 0.240 e. The molecular formula is C16H26N2O. The molecule has 0 aromatic rings. The van der Waals surface area contributed by atoms with Gasteiger partial charge in [0.05, 0.1) is 6.07 Å². The Balaban J connectivity index is 1.74. The van der Waals surface area contributed by atoms with E-state index in [4.69, 9.17) is 0 Å². The summed E-state index contributed by atoms with van der Waals surface area (Å²) in [6, 6.07) is 2.24. The summed E-state index contributed by atoms with van der Waals surface area (Å²) in [5.74, 6) is 2.01. The van der Waals surface area contributed by atoms with E-state index in [9.17, 15) is 10.1 Å². The molecule has 3 heteroatoms. The van der Waals surface area contributed by atoms with Crippen molar-refractivity contribution in [2.75, 3.05) is 6.54 Å². The van der Waals surface area contributed by atoms with Crippen molar-refractivity contribution in [1.29, 1.82) is 5.26 Å². The van der Waals surface area contributed by atoms with E-state index in [1.165, 1.54) is 32.1 Å². The zero-order valence-corrected chi connectivity index (χ0v) is 12.2. The number of nitrogens with one attached hydrogen (secondary N) is 1. The van der Waals surface area contributed by atoms with Gasteiger partial charge in [-0.05, 0) is 43.4 Å². The predicted octanol–water partition coefficient (Wildman–Crippen LogP) is 3.26. The van der Waals surface area contributed by atoms with Crippen molar-refractivity contribution in [1.82, 2.24) is 5.32 Å². The molecule has 0 spiro atoms. The largest absolute Gasteiger partial charge is 0.354 e. The molecule has 0 aromatic carbocycles. The number of carbonyl (C=O) groups excluding carboxylic acids is 1. The van der Waals surface area contributed by atoms with Gasteiger partial charge in [-0.2, -0.15) is 5.26 Å². The lowest BCUT2D eigenvalue weighted by molar-refractivity contribution is -0.134. The highest BCUT2D eigenvalue weighted by molar-refractivity contribution is 5.86. The Morgan fingerprint density at radius 1 is 1.26 bits per heavy atom. The molecule has 0 atom stereocenters. The number of nitrogens with zero attached hydrogens (tertiary/aromatic N) is 1. The first-order valence-corrected chi connectivity index (χ1v) is 7.79. The van der Waals surface area contributed by atoms with Crippen molar-refractivity contribution in [2.24, 2.45) is 23.2 Å². The van der Waals surface area contributed by atoms with Gasteiger partial charge in [-0.25, -0.2) is 0 Å². The average molecular weight is 262 g/mol. The van der Waals surface area contributed by atoms with Gasteiger partial charge in [0.1, 0.15) is 5.41 Å². The van der Waals surface area contributed by atoms with Gasteiger partial charge in [-0.15, -0.1) is 0 Å². The third-order valence-electron chi connectivity index (χ3n) is 5.14. The Hall–Kier alpha value is -1.04. The first-order valence-electron chi connectivity index (χ1n) is 7.79. The van der Waals surface area contributed by atoms with Gasteiger partial charge >= 0.3 is 0 Å². The maximum absolute atomic E-state index is 12.2. The van der Waals surface area contributed by atoms with Gasteiger partial charge in [0, 0.05) is 6.54 Å². The Kier molecular flexibility index (Phi) is 4.50. The van der Waals surface area contributed by atoms with E-state index < -0.39 is 5.41 Å². The van der Waals surface area contributed by atoms with Crippen LogP contribution in [0.1, 0.15) is 58.8 Å². The SMILES string of the molecule is CCC1CCC(CNC(=O)C2(C#N)CC(C)C2)CC1. The van der Waals surface area contributed by atoms with Gasteiger partial charge < -0.3 is 5.32 Å². The van der Waals surface area contributed by atoms with E-state index >= 15 is 0 Å². The van der Waals surface area contributed by atoms with Crippen molar-refractivity contribution in [2.45, 2.75) is 58.8 Å². The molecule has 1 amide bonds. The van der Waals surface area contributed by atoms with Crippen LogP contribution in [0.4, 0.5) is 0 Å². The molecular weight excluding hydrogens is 236 g/mol. The highest BCUT2D eigenvalue weighted by Crippen LogP contribution is 2.45. The number of rotatable bonds is 4. The number of amides is 1. The van der Waals surface area contributed by atoms with Gasteiger partial charge in [-0.3, -0.25) is 4.79 Å². The molecule has 2 saturated carbocycles. The second-order valence-electron chi connectivity index (χ2n) is 6.71. The summed E-state index contributed by atoms with van der Waals surface area (Å²) in [7, 11) is 0. The van der Waals surface area contributed by atoms with E-state index in [1.54, 1.807) is 0 Å². The fourth-order valence-electron chi connectivity index (χ4n) is 3.71. The second kappa shape index (κ2) is 5.94. The van der Waals surface area contributed by atoms with Gasteiger partial charge in [0.15, 0.2) is 0 Å². The smallest absolute Gasteiger partial charge is 0.240 e. The Morgan fingerprint density at radius 2 is 1.84 bits per heavy atom. The highest BCUT2D eigenvalue weighted by Gasteiger charge is 2.48. The summed E-state index contributed by atoms with van der Waals surface area (Å²) in [4.78, 5) is 12.2. The van der Waals surface area contributed by atoms with Crippen LogP contribution in [0.25, 0.3) is 0 Å². The molecule has 106 valence electrons. The van der Waals surface area contributed by atoms with Crippen molar-refractivity contribution in [3.63, 3.8) is 0 Å². The molecule has 2 aliphatic carbocycles. The summed E-state index contributed by atoms with van der Waals surface area (Å²) in [5.41, 5.74) is -0.708. The highest BCUT2D eigenvalue weighted by atomic mass is 16.2. The average Bonchev–Trinajstić information content (AvgIpc) is 2.41. The molecule has 0 radical (unpaired) electrons. The van der Waals surface area contributed by atoms with Crippen molar-refractivity contribution in [3.05, 3.63) is 0 Å². The molecule has 0 saturated heterocycles. The third-order valence-corrected chi connectivity index (χ3v) is 5.14. The van der Waals surface area contributed by atoms with Crippen LogP contribution in [0.2, 0.25) is 0 Å². The van der Waals surface area contributed by atoms with E-state index in [2.05, 4.69) is 25.2 Å². The van der Waals surface area contributed by atoms with Crippen molar-refractivity contribution < 1.29 is 4.79 Å². The van der Waals surface area contributed by atoms with E-state index in [-0.39, 0.29) is 5.91 Å². The van der Waals surface area contributed by atoms with Crippen molar-refractivity contribution in [3.8, 4) is 6.07 Å². The fraction of sp³-hybridized carbons (Fsp3) is 0.875. The standard InChI is InChI=1S/C16H26N2O/c1-3-13-4-6-14(7-5-13)10-18-15(19)16(11-17)8-12(2)9-16/h12-14H,3-10H2,1-2H3,(H,18,19). The quantitative estimate of drug-likeness (QED) is 0.845. The van der Waals surface area contributed by atoms with Crippen LogP contribution in [-0.4, -0.2) is 12.5 Å². The zero-order valence-electron chi connectivity index (χ0n) is 12.2. The Labute approximate surface area is 116 Å². The monoisotopic (exact) mass is 262 g/mol. The minimum absolute atomic E-state index is 0.0225. The third kappa shape index (κ3) is 3.11. The van der Waals surface area contributed by atoms with Gasteiger partial charge in [0.2, 0.25) is 5.91 Å². The number of hydrogen-bond acceptors (Lipinski definition) is 2. The topological polar surface area (TPSA) is 52.9 Å². The Morgan fingerprint density at radius 3 is 2.32 bits per heavy atom. The summed E-state index contributed by atoms with van der Waals surface area (Å²) in [6.45, 7) is 5.14. The predicted molar refractivity (Wildman–Crippen MR) is 75.2 cm³/mol. The van der Waals surface area contributed by atoms with Crippen LogP contribution in [0.3, 0.4) is 0 Å². The van der Waals surface area contributed by atoms with Crippen LogP contribution in [0, 0.1) is 34.5 Å². The molecule has 2 fully saturated rings. The minimum Gasteiger partial charge on any atom is -0.354 e. The fourth-order valence-corrected chi connectivity index (χ4v) is 3.71. The van der Waals surface area contributed by atoms with Gasteiger partial charge in [0.25, 0.3) is 0 Å². The van der Waals surface area contributed by atoms with Crippen LogP contribution < -0.4 is 5.32 Å².